The van der Waals surface area contributed by atoms with Crippen molar-refractivity contribution in [2.45, 2.75) is 83.4 Å². The minimum atomic E-state index is -5.71. The van der Waals surface area contributed by atoms with E-state index in [1.165, 1.54) is 12.1 Å². The molecule has 12 heteroatoms. The number of hydrogen-bond donors (Lipinski definition) is 0. The average molecular weight is 587 g/mol. The summed E-state index contributed by atoms with van der Waals surface area (Å²) in [5.74, 6) is -0.607. The first kappa shape index (κ1) is 29.5. The smallest absolute Gasteiger partial charge is 0.399 e. The fourth-order valence-corrected chi connectivity index (χ4v) is 6.06. The summed E-state index contributed by atoms with van der Waals surface area (Å²) >= 11 is 0. The second-order valence-corrected chi connectivity index (χ2v) is 13.5. The summed E-state index contributed by atoms with van der Waals surface area (Å²) in [5.41, 5.74) is -4.59. The SMILES string of the molecule is CCCC[C@H](C)c1nc2ccc(-c3cc4ccc(B5OC(C)(C)C(C)(C)O5)cc4cn3)cc2n1S(=O)(=O)C(F)(F)F. The lowest BCUT2D eigenvalue weighted by Crippen LogP contribution is -2.41. The van der Waals surface area contributed by atoms with E-state index in [1.807, 2.05) is 58.9 Å². The third-order valence-corrected chi connectivity index (χ3v) is 9.62. The minimum Gasteiger partial charge on any atom is -0.399 e. The van der Waals surface area contributed by atoms with Gasteiger partial charge in [-0.15, -0.1) is 0 Å². The van der Waals surface area contributed by atoms with Crippen LogP contribution in [0.3, 0.4) is 0 Å². The molecule has 3 heterocycles. The number of pyridine rings is 1. The zero-order valence-corrected chi connectivity index (χ0v) is 24.7. The molecule has 0 radical (unpaired) electrons. The van der Waals surface area contributed by atoms with Crippen molar-refractivity contribution in [1.29, 1.82) is 0 Å². The number of alkyl halides is 3. The van der Waals surface area contributed by atoms with Gasteiger partial charge in [0.05, 0.1) is 27.9 Å². The van der Waals surface area contributed by atoms with Crippen LogP contribution in [0.2, 0.25) is 0 Å². The van der Waals surface area contributed by atoms with E-state index in [9.17, 15) is 21.6 Å². The lowest BCUT2D eigenvalue weighted by atomic mass is 9.78. The van der Waals surface area contributed by atoms with Crippen LogP contribution in [0.5, 0.6) is 0 Å². The largest absolute Gasteiger partial charge is 0.517 e. The van der Waals surface area contributed by atoms with Crippen LogP contribution in [0, 0.1) is 0 Å². The molecule has 1 aliphatic rings. The molecule has 0 aliphatic carbocycles. The van der Waals surface area contributed by atoms with E-state index in [0.29, 0.717) is 21.7 Å². The highest BCUT2D eigenvalue weighted by Gasteiger charge is 2.52. The van der Waals surface area contributed by atoms with Crippen molar-refractivity contribution in [3.8, 4) is 11.3 Å². The van der Waals surface area contributed by atoms with Crippen molar-refractivity contribution in [2.75, 3.05) is 0 Å². The maximum Gasteiger partial charge on any atom is 0.517 e. The Kier molecular flexibility index (Phi) is 7.27. The van der Waals surface area contributed by atoms with Gasteiger partial charge in [0.25, 0.3) is 0 Å². The van der Waals surface area contributed by atoms with Gasteiger partial charge in [0.1, 0.15) is 5.82 Å². The number of imidazole rings is 1. The van der Waals surface area contributed by atoms with E-state index in [-0.39, 0.29) is 16.9 Å². The van der Waals surface area contributed by atoms with Gasteiger partial charge in [-0.25, -0.2) is 8.96 Å². The highest BCUT2D eigenvalue weighted by Crippen LogP contribution is 2.37. The maximum absolute atomic E-state index is 13.8. The second kappa shape index (κ2) is 10.1. The van der Waals surface area contributed by atoms with Gasteiger partial charge in [-0.2, -0.15) is 21.6 Å². The molecule has 1 atom stereocenters. The Hall–Kier alpha value is -2.96. The molecule has 1 saturated heterocycles. The van der Waals surface area contributed by atoms with E-state index in [2.05, 4.69) is 9.97 Å². The molecule has 0 amide bonds. The van der Waals surface area contributed by atoms with Crippen molar-refractivity contribution in [2.24, 2.45) is 0 Å². The van der Waals surface area contributed by atoms with E-state index in [4.69, 9.17) is 9.31 Å². The number of rotatable bonds is 7. The summed E-state index contributed by atoms with van der Waals surface area (Å²) in [4.78, 5) is 8.89. The fraction of sp³-hybridized carbons (Fsp3) is 0.448. The summed E-state index contributed by atoms with van der Waals surface area (Å²) < 4.78 is 79.5. The number of aromatic nitrogens is 3. The summed E-state index contributed by atoms with van der Waals surface area (Å²) in [6, 6.07) is 12.2. The number of unbranched alkanes of at least 4 members (excludes halogenated alkanes) is 1. The van der Waals surface area contributed by atoms with Gasteiger partial charge in [0.2, 0.25) is 0 Å². The standard InChI is InChI=1S/C29H33BF3N3O4S/c1-7-8-9-18(2)26-35-23-13-11-20(16-25(23)36(26)41(37,38)29(31,32)33)24-15-19-10-12-22(14-21(19)17-34-24)30-39-27(3,4)28(5,6)40-30/h10-18H,7-9H2,1-6H3/t18-/m0/s1. The zero-order chi connectivity index (χ0) is 30.0. The Morgan fingerprint density at radius 1 is 1.00 bits per heavy atom. The molecule has 41 heavy (non-hydrogen) atoms. The first-order chi connectivity index (χ1) is 19.1. The van der Waals surface area contributed by atoms with Crippen LogP contribution in [0.15, 0.2) is 48.7 Å². The second-order valence-electron chi connectivity index (χ2n) is 11.7. The van der Waals surface area contributed by atoms with Gasteiger partial charge in [-0.1, -0.05) is 51.0 Å². The number of nitrogens with zero attached hydrogens (tertiary/aromatic N) is 3. The van der Waals surface area contributed by atoms with E-state index in [1.54, 1.807) is 19.2 Å². The Bertz CT molecular complexity index is 1720. The lowest BCUT2D eigenvalue weighted by molar-refractivity contribution is -0.0446. The first-order valence-corrected chi connectivity index (χ1v) is 15.1. The van der Waals surface area contributed by atoms with Gasteiger partial charge in [0.15, 0.2) is 0 Å². The third-order valence-electron chi connectivity index (χ3n) is 8.17. The molecule has 0 unspecified atom stereocenters. The minimum absolute atomic E-state index is 0.121. The molecule has 7 nitrogen and oxygen atoms in total. The predicted octanol–water partition coefficient (Wildman–Crippen LogP) is 6.54. The molecular weight excluding hydrogens is 554 g/mol. The molecule has 0 spiro atoms. The maximum atomic E-state index is 13.8. The van der Waals surface area contributed by atoms with Crippen molar-refractivity contribution < 1.29 is 30.9 Å². The van der Waals surface area contributed by atoms with E-state index < -0.39 is 39.8 Å². The van der Waals surface area contributed by atoms with Gasteiger partial charge in [-0.3, -0.25) is 4.98 Å². The monoisotopic (exact) mass is 587 g/mol. The quantitative estimate of drug-likeness (QED) is 0.228. The summed E-state index contributed by atoms with van der Waals surface area (Å²) in [5, 5.41) is 1.68. The topological polar surface area (TPSA) is 83.3 Å². The molecule has 0 saturated carbocycles. The summed E-state index contributed by atoms with van der Waals surface area (Å²) in [7, 11) is -6.24. The molecule has 5 rings (SSSR count). The number of hydrogen-bond acceptors (Lipinski definition) is 6. The summed E-state index contributed by atoms with van der Waals surface area (Å²) in [6.07, 6.45) is 3.75. The van der Waals surface area contributed by atoms with Crippen LogP contribution in [0.25, 0.3) is 33.1 Å². The third kappa shape index (κ3) is 5.14. The highest BCUT2D eigenvalue weighted by atomic mass is 32.2. The molecule has 1 fully saturated rings. The van der Waals surface area contributed by atoms with Crippen molar-refractivity contribution >= 4 is 44.4 Å². The molecule has 218 valence electrons. The van der Waals surface area contributed by atoms with E-state index >= 15 is 0 Å². The molecule has 0 N–H and O–H groups in total. The highest BCUT2D eigenvalue weighted by molar-refractivity contribution is 7.91. The Labute approximate surface area is 238 Å². The number of halogens is 3. The van der Waals surface area contributed by atoms with Gasteiger partial charge >= 0.3 is 22.7 Å². The molecule has 2 aromatic heterocycles. The molecule has 2 aromatic carbocycles. The van der Waals surface area contributed by atoms with Crippen molar-refractivity contribution in [1.82, 2.24) is 13.9 Å². The van der Waals surface area contributed by atoms with Gasteiger partial charge < -0.3 is 9.31 Å². The van der Waals surface area contributed by atoms with Crippen molar-refractivity contribution in [3.05, 3.63) is 54.5 Å². The lowest BCUT2D eigenvalue weighted by Gasteiger charge is -2.32. The van der Waals surface area contributed by atoms with Crippen LogP contribution >= 0.6 is 0 Å². The normalized spacial score (nSPS) is 17.9. The van der Waals surface area contributed by atoms with Crippen LogP contribution in [-0.4, -0.2) is 46.2 Å². The first-order valence-electron chi connectivity index (χ1n) is 13.7. The molecule has 4 aromatic rings. The van der Waals surface area contributed by atoms with Crippen LogP contribution in [0.1, 0.15) is 72.5 Å². The number of fused-ring (bicyclic) bond motifs is 2. The average Bonchev–Trinajstić information content (AvgIpc) is 3.39. The Morgan fingerprint density at radius 3 is 2.32 bits per heavy atom. The Balaban J connectivity index is 1.56. The van der Waals surface area contributed by atoms with Crippen LogP contribution in [0.4, 0.5) is 13.2 Å². The van der Waals surface area contributed by atoms with Gasteiger partial charge in [0, 0.05) is 17.7 Å². The van der Waals surface area contributed by atoms with Crippen molar-refractivity contribution in [3.63, 3.8) is 0 Å². The van der Waals surface area contributed by atoms with Crippen LogP contribution in [-0.2, 0) is 19.3 Å². The summed E-state index contributed by atoms with van der Waals surface area (Å²) in [6.45, 7) is 11.6. The zero-order valence-electron chi connectivity index (χ0n) is 23.9. The van der Waals surface area contributed by atoms with E-state index in [0.717, 1.165) is 29.1 Å². The molecular formula is C29H33BF3N3O4S. The fourth-order valence-electron chi connectivity index (χ4n) is 4.98. The molecule has 0 bridgehead atoms. The van der Waals surface area contributed by atoms with Gasteiger partial charge in [-0.05, 0) is 68.6 Å². The molecule has 1 aliphatic heterocycles. The predicted molar refractivity (Wildman–Crippen MR) is 154 cm³/mol. The Morgan fingerprint density at radius 2 is 1.68 bits per heavy atom. The van der Waals surface area contributed by atoms with Crippen LogP contribution < -0.4 is 5.46 Å². The number of benzene rings is 2.